The molecule has 0 heterocycles. The van der Waals surface area contributed by atoms with Gasteiger partial charge >= 0.3 is 6.18 Å². The van der Waals surface area contributed by atoms with E-state index in [4.69, 9.17) is 15.9 Å². The molecule has 1 aromatic carbocycles. The minimum Gasteiger partial charge on any atom is -0.480 e. The fraction of sp³-hybridized carbons (Fsp3) is 0.300. The number of halogens is 4. The standard InChI is InChI=1S/C10H10BrF3N2O/c1-5(10(12,13)14)17-8-3-2-6(9(15)16)4-7(8)11/h2-5H,1H3,(H3,15,16). The van der Waals surface area contributed by atoms with E-state index in [-0.39, 0.29) is 11.6 Å². The molecule has 7 heteroatoms. The number of hydrogen-bond donors (Lipinski definition) is 2. The van der Waals surface area contributed by atoms with Crippen molar-refractivity contribution in [3.8, 4) is 5.75 Å². The minimum atomic E-state index is -4.42. The van der Waals surface area contributed by atoms with E-state index in [0.717, 1.165) is 6.92 Å². The van der Waals surface area contributed by atoms with Crippen LogP contribution in [-0.2, 0) is 0 Å². The predicted molar refractivity (Wildman–Crippen MR) is 61.3 cm³/mol. The number of nitrogens with one attached hydrogen (secondary N) is 1. The molecular formula is C10H10BrF3N2O. The molecule has 0 radical (unpaired) electrons. The quantitative estimate of drug-likeness (QED) is 0.666. The molecule has 0 spiro atoms. The number of nitrogens with two attached hydrogens (primary N) is 1. The Bertz CT molecular complexity index is 434. The Morgan fingerprint density at radius 2 is 2.06 bits per heavy atom. The van der Waals surface area contributed by atoms with E-state index < -0.39 is 12.3 Å². The van der Waals surface area contributed by atoms with Gasteiger partial charge in [0, 0.05) is 5.56 Å². The summed E-state index contributed by atoms with van der Waals surface area (Å²) in [5, 5.41) is 7.18. The Balaban J connectivity index is 2.90. The lowest BCUT2D eigenvalue weighted by atomic mass is 10.2. The van der Waals surface area contributed by atoms with Crippen LogP contribution in [-0.4, -0.2) is 18.1 Å². The summed E-state index contributed by atoms with van der Waals surface area (Å²) in [6, 6.07) is 4.19. The molecule has 3 nitrogen and oxygen atoms in total. The molecule has 0 aliphatic heterocycles. The van der Waals surface area contributed by atoms with Crippen LogP contribution in [0.3, 0.4) is 0 Å². The summed E-state index contributed by atoms with van der Waals surface area (Å²) >= 11 is 3.07. The predicted octanol–water partition coefficient (Wildman–Crippen LogP) is 3.06. The van der Waals surface area contributed by atoms with Gasteiger partial charge in [-0.25, -0.2) is 0 Å². The second kappa shape index (κ2) is 4.95. The average molecular weight is 311 g/mol. The highest BCUT2D eigenvalue weighted by Crippen LogP contribution is 2.30. The zero-order valence-electron chi connectivity index (χ0n) is 8.81. The number of hydrogen-bond acceptors (Lipinski definition) is 2. The van der Waals surface area contributed by atoms with Gasteiger partial charge < -0.3 is 10.5 Å². The largest absolute Gasteiger partial charge is 0.480 e. The number of amidine groups is 1. The van der Waals surface area contributed by atoms with Crippen molar-refractivity contribution in [2.75, 3.05) is 0 Å². The van der Waals surface area contributed by atoms with Crippen molar-refractivity contribution in [1.82, 2.24) is 0 Å². The molecule has 1 aromatic rings. The van der Waals surface area contributed by atoms with Gasteiger partial charge in [0.05, 0.1) is 4.47 Å². The maximum atomic E-state index is 12.3. The van der Waals surface area contributed by atoms with Gasteiger partial charge in [-0.1, -0.05) is 0 Å². The molecule has 0 aliphatic rings. The van der Waals surface area contributed by atoms with Crippen molar-refractivity contribution in [1.29, 1.82) is 5.41 Å². The third kappa shape index (κ3) is 3.62. The third-order valence-electron chi connectivity index (χ3n) is 2.01. The van der Waals surface area contributed by atoms with Crippen LogP contribution in [0.5, 0.6) is 5.75 Å². The highest BCUT2D eigenvalue weighted by molar-refractivity contribution is 9.10. The van der Waals surface area contributed by atoms with Crippen LogP contribution in [0.15, 0.2) is 22.7 Å². The van der Waals surface area contributed by atoms with Crippen molar-refractivity contribution >= 4 is 21.8 Å². The fourth-order valence-corrected chi connectivity index (χ4v) is 1.49. The zero-order chi connectivity index (χ0) is 13.2. The normalized spacial score (nSPS) is 13.2. The molecule has 1 atom stereocenters. The van der Waals surface area contributed by atoms with Gasteiger partial charge in [-0.3, -0.25) is 5.41 Å². The highest BCUT2D eigenvalue weighted by Gasteiger charge is 2.38. The van der Waals surface area contributed by atoms with Crippen LogP contribution in [0, 0.1) is 5.41 Å². The molecule has 3 N–H and O–H groups in total. The highest BCUT2D eigenvalue weighted by atomic mass is 79.9. The summed E-state index contributed by atoms with van der Waals surface area (Å²) in [5.41, 5.74) is 5.65. The third-order valence-corrected chi connectivity index (χ3v) is 2.63. The molecule has 0 fully saturated rings. The zero-order valence-corrected chi connectivity index (χ0v) is 10.4. The van der Waals surface area contributed by atoms with Gasteiger partial charge in [0.1, 0.15) is 11.6 Å². The molecule has 0 aromatic heterocycles. The Kier molecular flexibility index (Phi) is 4.03. The summed E-state index contributed by atoms with van der Waals surface area (Å²) < 4.78 is 41.9. The van der Waals surface area contributed by atoms with Gasteiger partial charge in [-0.2, -0.15) is 13.2 Å². The molecule has 94 valence electrons. The van der Waals surface area contributed by atoms with Gasteiger partial charge in [0.15, 0.2) is 6.10 Å². The molecule has 0 saturated heterocycles. The van der Waals surface area contributed by atoms with E-state index in [1.807, 2.05) is 0 Å². The first kappa shape index (κ1) is 13.8. The number of rotatable bonds is 3. The Morgan fingerprint density at radius 3 is 2.47 bits per heavy atom. The molecule has 0 aliphatic carbocycles. The minimum absolute atomic E-state index is 0.0554. The SMILES string of the molecule is CC(Oc1ccc(C(=N)N)cc1Br)C(F)(F)F. The first-order valence-corrected chi connectivity index (χ1v) is 5.38. The summed E-state index contributed by atoms with van der Waals surface area (Å²) in [5.74, 6) is -0.110. The first-order chi connectivity index (χ1) is 7.71. The summed E-state index contributed by atoms with van der Waals surface area (Å²) in [4.78, 5) is 0. The van der Waals surface area contributed by atoms with E-state index >= 15 is 0 Å². The molecular weight excluding hydrogens is 301 g/mol. The van der Waals surface area contributed by atoms with Crippen LogP contribution >= 0.6 is 15.9 Å². The summed E-state index contributed by atoms with van der Waals surface area (Å²) in [6.07, 6.45) is -6.32. The van der Waals surface area contributed by atoms with E-state index in [2.05, 4.69) is 15.9 Å². The van der Waals surface area contributed by atoms with E-state index in [1.54, 1.807) is 0 Å². The lowest BCUT2D eigenvalue weighted by Crippen LogP contribution is -2.31. The van der Waals surface area contributed by atoms with Gasteiger partial charge in [-0.15, -0.1) is 0 Å². The van der Waals surface area contributed by atoms with Crippen molar-refractivity contribution in [3.05, 3.63) is 28.2 Å². The second-order valence-electron chi connectivity index (χ2n) is 3.36. The van der Waals surface area contributed by atoms with Gasteiger partial charge in [0.25, 0.3) is 0 Å². The Hall–Kier alpha value is -1.24. The van der Waals surface area contributed by atoms with Crippen molar-refractivity contribution in [3.63, 3.8) is 0 Å². The number of benzene rings is 1. The summed E-state index contributed by atoms with van der Waals surface area (Å²) in [6.45, 7) is 0.922. The molecule has 0 bridgehead atoms. The average Bonchev–Trinajstić information content (AvgIpc) is 2.19. The number of nitrogen functional groups attached to an aromatic ring is 1. The van der Waals surface area contributed by atoms with Crippen LogP contribution < -0.4 is 10.5 Å². The van der Waals surface area contributed by atoms with Crippen molar-refractivity contribution in [2.24, 2.45) is 5.73 Å². The van der Waals surface area contributed by atoms with E-state index in [9.17, 15) is 13.2 Å². The maximum Gasteiger partial charge on any atom is 0.425 e. The monoisotopic (exact) mass is 310 g/mol. The van der Waals surface area contributed by atoms with E-state index in [0.29, 0.717) is 10.0 Å². The molecule has 1 rings (SSSR count). The number of alkyl halides is 3. The molecule has 1 unspecified atom stereocenters. The van der Waals surface area contributed by atoms with Crippen LogP contribution in [0.4, 0.5) is 13.2 Å². The molecule has 0 amide bonds. The fourth-order valence-electron chi connectivity index (χ4n) is 1.02. The van der Waals surface area contributed by atoms with Crippen molar-refractivity contribution < 1.29 is 17.9 Å². The van der Waals surface area contributed by atoms with Crippen LogP contribution in [0.2, 0.25) is 0 Å². The lowest BCUT2D eigenvalue weighted by Gasteiger charge is -2.18. The van der Waals surface area contributed by atoms with Gasteiger partial charge in [-0.05, 0) is 41.1 Å². The second-order valence-corrected chi connectivity index (χ2v) is 4.21. The Labute approximate surface area is 104 Å². The maximum absolute atomic E-state index is 12.3. The van der Waals surface area contributed by atoms with Crippen LogP contribution in [0.1, 0.15) is 12.5 Å². The summed E-state index contributed by atoms with van der Waals surface area (Å²) in [7, 11) is 0. The lowest BCUT2D eigenvalue weighted by molar-refractivity contribution is -0.189. The molecule has 17 heavy (non-hydrogen) atoms. The van der Waals surface area contributed by atoms with Gasteiger partial charge in [0.2, 0.25) is 0 Å². The van der Waals surface area contributed by atoms with Crippen LogP contribution in [0.25, 0.3) is 0 Å². The Morgan fingerprint density at radius 1 is 1.47 bits per heavy atom. The number of ether oxygens (including phenoxy) is 1. The smallest absolute Gasteiger partial charge is 0.425 e. The topological polar surface area (TPSA) is 59.1 Å². The molecule has 0 saturated carbocycles. The first-order valence-electron chi connectivity index (χ1n) is 4.59. The van der Waals surface area contributed by atoms with E-state index in [1.165, 1.54) is 18.2 Å². The van der Waals surface area contributed by atoms with Crippen molar-refractivity contribution in [2.45, 2.75) is 19.2 Å².